The number of nitrogens with one attached hydrogen (secondary N) is 1. The van der Waals surface area contributed by atoms with E-state index in [-0.39, 0.29) is 28.1 Å². The highest BCUT2D eigenvalue weighted by Gasteiger charge is 2.51. The SMILES string of the molecule is CCN(CCO)C(=O)c1ccc(-c2cc(NC(=O)C3(c4ccc5c(c4)OCO5)CC3)ccc2C)cc1.[HH].[HH]. The fourth-order valence-corrected chi connectivity index (χ4v) is 4.73. The summed E-state index contributed by atoms with van der Waals surface area (Å²) in [6.07, 6.45) is 1.58. The second-order valence-electron chi connectivity index (χ2n) is 9.32. The van der Waals surface area contributed by atoms with Gasteiger partial charge in [0.25, 0.3) is 5.91 Å². The molecule has 7 heteroatoms. The first-order valence-corrected chi connectivity index (χ1v) is 12.3. The molecule has 0 unspecified atom stereocenters. The van der Waals surface area contributed by atoms with Crippen LogP contribution in [0.4, 0.5) is 5.69 Å². The Kier molecular flexibility index (Phi) is 6.41. The van der Waals surface area contributed by atoms with Crippen molar-refractivity contribution >= 4 is 17.5 Å². The second-order valence-corrected chi connectivity index (χ2v) is 9.32. The van der Waals surface area contributed by atoms with Gasteiger partial charge in [0.2, 0.25) is 12.7 Å². The summed E-state index contributed by atoms with van der Waals surface area (Å²) in [5.74, 6) is 1.26. The maximum Gasteiger partial charge on any atom is 0.253 e. The summed E-state index contributed by atoms with van der Waals surface area (Å²) in [4.78, 5) is 27.7. The van der Waals surface area contributed by atoms with Crippen LogP contribution in [0.15, 0.2) is 60.7 Å². The maximum absolute atomic E-state index is 13.4. The van der Waals surface area contributed by atoms with Gasteiger partial charge in [-0.25, -0.2) is 0 Å². The molecule has 7 nitrogen and oxygen atoms in total. The number of aliphatic hydroxyl groups is 1. The van der Waals surface area contributed by atoms with Crippen LogP contribution in [-0.4, -0.2) is 48.3 Å². The average molecular weight is 491 g/mol. The zero-order valence-corrected chi connectivity index (χ0v) is 20.5. The summed E-state index contributed by atoms with van der Waals surface area (Å²) < 4.78 is 10.9. The Hall–Kier alpha value is -3.84. The van der Waals surface area contributed by atoms with Crippen LogP contribution in [0.25, 0.3) is 11.1 Å². The smallest absolute Gasteiger partial charge is 0.253 e. The van der Waals surface area contributed by atoms with Gasteiger partial charge in [-0.15, -0.1) is 0 Å². The third-order valence-corrected chi connectivity index (χ3v) is 7.09. The molecule has 2 aliphatic rings. The molecule has 1 fully saturated rings. The fraction of sp³-hybridized carbons (Fsp3) is 0.310. The summed E-state index contributed by atoms with van der Waals surface area (Å²) in [6.45, 7) is 4.91. The molecule has 0 spiro atoms. The number of carbonyl (C=O) groups is 2. The van der Waals surface area contributed by atoms with Crippen LogP contribution >= 0.6 is 0 Å². The predicted molar refractivity (Wildman–Crippen MR) is 142 cm³/mol. The second kappa shape index (κ2) is 9.66. The first-order chi connectivity index (χ1) is 17.4. The van der Waals surface area contributed by atoms with E-state index in [1.807, 2.05) is 62.4 Å². The molecular formula is C29H34N2O5. The highest BCUT2D eigenvalue weighted by molar-refractivity contribution is 6.02. The van der Waals surface area contributed by atoms with Gasteiger partial charge in [-0.1, -0.05) is 24.3 Å². The Balaban J connectivity index is 0.00000200. The van der Waals surface area contributed by atoms with Crippen LogP contribution in [0.1, 0.15) is 44.1 Å². The molecule has 1 saturated carbocycles. The number of benzene rings is 3. The number of hydrogen-bond acceptors (Lipinski definition) is 5. The number of ether oxygens (including phenoxy) is 2. The van der Waals surface area contributed by atoms with Crippen molar-refractivity contribution in [1.29, 1.82) is 0 Å². The lowest BCUT2D eigenvalue weighted by Crippen LogP contribution is -2.33. The lowest BCUT2D eigenvalue weighted by atomic mass is 9.94. The van der Waals surface area contributed by atoms with Gasteiger partial charge in [-0.05, 0) is 85.3 Å². The van der Waals surface area contributed by atoms with Crippen LogP contribution in [0, 0.1) is 6.92 Å². The third-order valence-electron chi connectivity index (χ3n) is 7.09. The molecule has 1 aliphatic carbocycles. The Morgan fingerprint density at radius 2 is 1.78 bits per heavy atom. The standard InChI is InChI=1S/C29H30N2O5.2H2/c1-3-31(14-15-32)27(33)21-7-5-20(6-8-21)24-17-23(10-4-19(24)2)30-28(34)29(12-13-29)22-9-11-25-26(16-22)36-18-35-25;;/h4-11,16-17,32H,3,12-15,18H2,1-2H3,(H,30,34);2*1H. The molecule has 3 aromatic carbocycles. The van der Waals surface area contributed by atoms with Crippen molar-refractivity contribution in [3.63, 3.8) is 0 Å². The van der Waals surface area contributed by atoms with Gasteiger partial charge >= 0.3 is 0 Å². The minimum atomic E-state index is -0.548. The van der Waals surface area contributed by atoms with Crippen LogP contribution in [0.2, 0.25) is 0 Å². The Morgan fingerprint density at radius 3 is 2.47 bits per heavy atom. The van der Waals surface area contributed by atoms with Crippen molar-refractivity contribution in [2.24, 2.45) is 0 Å². The molecule has 0 bridgehead atoms. The van der Waals surface area contributed by atoms with E-state index < -0.39 is 5.41 Å². The number of nitrogens with zero attached hydrogens (tertiary/aromatic N) is 1. The van der Waals surface area contributed by atoms with Crippen molar-refractivity contribution < 1.29 is 27.0 Å². The number of amides is 2. The predicted octanol–water partition coefficient (Wildman–Crippen LogP) is 5.01. The largest absolute Gasteiger partial charge is 0.454 e. The van der Waals surface area contributed by atoms with E-state index in [0.29, 0.717) is 30.2 Å². The molecule has 36 heavy (non-hydrogen) atoms. The van der Waals surface area contributed by atoms with Crippen LogP contribution in [-0.2, 0) is 10.2 Å². The van der Waals surface area contributed by atoms with Gasteiger partial charge in [0.1, 0.15) is 0 Å². The van der Waals surface area contributed by atoms with E-state index in [1.54, 1.807) is 17.0 Å². The van der Waals surface area contributed by atoms with Crippen molar-refractivity contribution in [3.8, 4) is 22.6 Å². The van der Waals surface area contributed by atoms with Crippen molar-refractivity contribution in [3.05, 3.63) is 77.4 Å². The highest BCUT2D eigenvalue weighted by Crippen LogP contribution is 2.51. The molecule has 190 valence electrons. The van der Waals surface area contributed by atoms with Crippen molar-refractivity contribution in [2.75, 3.05) is 31.8 Å². The summed E-state index contributed by atoms with van der Waals surface area (Å²) >= 11 is 0. The number of likely N-dealkylation sites (N-methyl/N-ethyl adjacent to an activating group) is 1. The maximum atomic E-state index is 13.4. The summed E-state index contributed by atoms with van der Waals surface area (Å²) in [6, 6.07) is 19.1. The first kappa shape index (κ1) is 23.9. The van der Waals surface area contributed by atoms with Gasteiger partial charge in [0.15, 0.2) is 11.5 Å². The number of aryl methyl sites for hydroxylation is 1. The lowest BCUT2D eigenvalue weighted by Gasteiger charge is -2.20. The number of fused-ring (bicyclic) bond motifs is 1. The quantitative estimate of drug-likeness (QED) is 0.464. The Bertz CT molecular complexity index is 1310. The number of anilines is 1. The monoisotopic (exact) mass is 490 g/mol. The zero-order valence-electron chi connectivity index (χ0n) is 20.5. The number of rotatable bonds is 8. The van der Waals surface area contributed by atoms with Gasteiger partial charge in [0, 0.05) is 27.2 Å². The van der Waals surface area contributed by atoms with Crippen LogP contribution < -0.4 is 14.8 Å². The number of aliphatic hydroxyl groups excluding tert-OH is 1. The molecule has 0 aromatic heterocycles. The molecule has 1 aliphatic heterocycles. The molecule has 0 radical (unpaired) electrons. The minimum Gasteiger partial charge on any atom is -0.454 e. The molecule has 5 rings (SSSR count). The summed E-state index contributed by atoms with van der Waals surface area (Å²) in [5.41, 5.74) is 4.72. The van der Waals surface area contributed by atoms with E-state index in [4.69, 9.17) is 9.47 Å². The van der Waals surface area contributed by atoms with Gasteiger partial charge in [0.05, 0.1) is 12.0 Å². The molecule has 0 atom stereocenters. The molecule has 3 aromatic rings. The summed E-state index contributed by atoms with van der Waals surface area (Å²) in [5, 5.41) is 12.3. The number of hydrogen-bond donors (Lipinski definition) is 2. The van der Waals surface area contributed by atoms with Crippen LogP contribution in [0.3, 0.4) is 0 Å². The first-order valence-electron chi connectivity index (χ1n) is 12.3. The van der Waals surface area contributed by atoms with E-state index >= 15 is 0 Å². The normalized spacial score (nSPS) is 14.9. The molecule has 2 N–H and O–H groups in total. The Morgan fingerprint density at radius 1 is 1.03 bits per heavy atom. The minimum absolute atomic E-state index is 0. The van der Waals surface area contributed by atoms with Crippen molar-refractivity contribution in [2.45, 2.75) is 32.1 Å². The molecule has 0 saturated heterocycles. The fourth-order valence-electron chi connectivity index (χ4n) is 4.73. The summed E-state index contributed by atoms with van der Waals surface area (Å²) in [7, 11) is 0. The van der Waals surface area contributed by atoms with E-state index in [9.17, 15) is 14.7 Å². The average Bonchev–Trinajstić information content (AvgIpc) is 3.58. The van der Waals surface area contributed by atoms with Gasteiger partial charge in [-0.3, -0.25) is 9.59 Å². The third kappa shape index (κ3) is 4.42. The van der Waals surface area contributed by atoms with Gasteiger partial charge < -0.3 is 24.8 Å². The highest BCUT2D eigenvalue weighted by atomic mass is 16.7. The number of carbonyl (C=O) groups excluding carboxylic acids is 2. The van der Waals surface area contributed by atoms with Gasteiger partial charge in [-0.2, -0.15) is 0 Å². The van der Waals surface area contributed by atoms with Crippen molar-refractivity contribution in [1.82, 2.24) is 4.90 Å². The van der Waals surface area contributed by atoms with E-state index in [1.165, 1.54) is 0 Å². The lowest BCUT2D eigenvalue weighted by molar-refractivity contribution is -0.118. The zero-order chi connectivity index (χ0) is 25.3. The molecule has 2 amide bonds. The van der Waals surface area contributed by atoms with E-state index in [0.717, 1.165) is 40.8 Å². The van der Waals surface area contributed by atoms with Crippen LogP contribution in [0.5, 0.6) is 11.5 Å². The molecular weight excluding hydrogens is 456 g/mol. The van der Waals surface area contributed by atoms with E-state index in [2.05, 4.69) is 5.32 Å². The molecule has 1 heterocycles. The topological polar surface area (TPSA) is 88.1 Å². The Labute approximate surface area is 213 Å².